The van der Waals surface area contributed by atoms with Gasteiger partial charge in [-0.2, -0.15) is 0 Å². The molecule has 0 fully saturated rings. The molecule has 0 radical (unpaired) electrons. The van der Waals surface area contributed by atoms with E-state index in [9.17, 15) is 4.39 Å². The Morgan fingerprint density at radius 1 is 1.46 bits per heavy atom. The van der Waals surface area contributed by atoms with Crippen molar-refractivity contribution in [3.63, 3.8) is 0 Å². The van der Waals surface area contributed by atoms with E-state index in [1.807, 2.05) is 13.1 Å². The lowest BCUT2D eigenvalue weighted by molar-refractivity contribution is 0.309. The first-order valence-electron chi connectivity index (χ1n) is 4.43. The van der Waals surface area contributed by atoms with Crippen molar-refractivity contribution in [1.82, 2.24) is 4.90 Å². The zero-order valence-corrected chi connectivity index (χ0v) is 7.68. The molecule has 1 aromatic rings. The molecule has 3 heteroatoms. The van der Waals surface area contributed by atoms with E-state index in [1.165, 1.54) is 0 Å². The summed E-state index contributed by atoms with van der Waals surface area (Å²) >= 11 is 0. The highest BCUT2D eigenvalue weighted by atomic mass is 19.1. The molecule has 2 N–H and O–H groups in total. The molecule has 1 heterocycles. The van der Waals surface area contributed by atoms with Crippen LogP contribution in [-0.4, -0.2) is 18.5 Å². The Morgan fingerprint density at radius 3 is 3.00 bits per heavy atom. The van der Waals surface area contributed by atoms with Crippen LogP contribution < -0.4 is 5.73 Å². The lowest BCUT2D eigenvalue weighted by Gasteiger charge is -2.25. The number of halogens is 1. The summed E-state index contributed by atoms with van der Waals surface area (Å²) in [6.07, 6.45) is 0.767. The van der Waals surface area contributed by atoms with E-state index in [4.69, 9.17) is 5.73 Å². The summed E-state index contributed by atoms with van der Waals surface area (Å²) in [5.41, 5.74) is 7.63. The van der Waals surface area contributed by atoms with Crippen LogP contribution in [0.15, 0.2) is 12.1 Å². The van der Waals surface area contributed by atoms with Gasteiger partial charge in [0.2, 0.25) is 0 Å². The maximum absolute atomic E-state index is 13.5. The minimum Gasteiger partial charge on any atom is -0.396 e. The lowest BCUT2D eigenvalue weighted by Crippen LogP contribution is -2.27. The van der Waals surface area contributed by atoms with Gasteiger partial charge in [-0.15, -0.1) is 0 Å². The van der Waals surface area contributed by atoms with Crippen LogP contribution in [0, 0.1) is 5.82 Å². The van der Waals surface area contributed by atoms with Crippen LogP contribution in [0.5, 0.6) is 0 Å². The monoisotopic (exact) mass is 180 g/mol. The van der Waals surface area contributed by atoms with Gasteiger partial charge in [-0.05, 0) is 30.7 Å². The number of benzene rings is 1. The van der Waals surface area contributed by atoms with Crippen LogP contribution >= 0.6 is 0 Å². The first kappa shape index (κ1) is 8.51. The lowest BCUT2D eigenvalue weighted by atomic mass is 9.99. The number of likely N-dealkylation sites (N-methyl/N-ethyl adjacent to an activating group) is 1. The third kappa shape index (κ3) is 1.40. The summed E-state index contributed by atoms with van der Waals surface area (Å²) < 4.78 is 13.5. The fourth-order valence-electron chi connectivity index (χ4n) is 1.77. The highest BCUT2D eigenvalue weighted by Gasteiger charge is 2.17. The van der Waals surface area contributed by atoms with Crippen molar-refractivity contribution >= 4 is 5.69 Å². The van der Waals surface area contributed by atoms with E-state index in [0.29, 0.717) is 0 Å². The molecule has 70 valence electrons. The summed E-state index contributed by atoms with van der Waals surface area (Å²) in [6.45, 7) is 1.74. The summed E-state index contributed by atoms with van der Waals surface area (Å²) in [4.78, 5) is 2.18. The molecule has 0 saturated heterocycles. The molecule has 13 heavy (non-hydrogen) atoms. The molecule has 2 rings (SSSR count). The molecule has 2 nitrogen and oxygen atoms in total. The highest BCUT2D eigenvalue weighted by Crippen LogP contribution is 2.24. The van der Waals surface area contributed by atoms with Gasteiger partial charge in [0.05, 0.1) is 5.69 Å². The number of nitrogens with two attached hydrogens (primary N) is 1. The molecule has 1 aromatic carbocycles. The quantitative estimate of drug-likeness (QED) is 0.611. The molecular formula is C10H13FN2. The Morgan fingerprint density at radius 2 is 2.23 bits per heavy atom. The van der Waals surface area contributed by atoms with Crippen molar-refractivity contribution in [2.24, 2.45) is 0 Å². The summed E-state index contributed by atoms with van der Waals surface area (Å²) in [5, 5.41) is 0. The van der Waals surface area contributed by atoms with E-state index in [0.717, 1.165) is 30.6 Å². The highest BCUT2D eigenvalue weighted by molar-refractivity contribution is 5.47. The van der Waals surface area contributed by atoms with Gasteiger partial charge in [0.25, 0.3) is 0 Å². The van der Waals surface area contributed by atoms with E-state index < -0.39 is 0 Å². The minimum atomic E-state index is -0.217. The number of hydrogen-bond donors (Lipinski definition) is 1. The number of nitrogens with zero attached hydrogens (tertiary/aromatic N) is 1. The third-order valence-electron chi connectivity index (χ3n) is 2.55. The SMILES string of the molecule is CN1CCc2c(ccc(N)c2F)C1. The smallest absolute Gasteiger partial charge is 0.149 e. The molecule has 0 amide bonds. The topological polar surface area (TPSA) is 29.3 Å². The summed E-state index contributed by atoms with van der Waals surface area (Å²) in [5.74, 6) is -0.217. The summed E-state index contributed by atoms with van der Waals surface area (Å²) in [7, 11) is 2.04. The molecular weight excluding hydrogens is 167 g/mol. The molecule has 0 saturated carbocycles. The second kappa shape index (κ2) is 3.00. The van der Waals surface area contributed by atoms with Crippen molar-refractivity contribution in [3.8, 4) is 0 Å². The maximum atomic E-state index is 13.5. The van der Waals surface area contributed by atoms with Crippen LogP contribution in [0.1, 0.15) is 11.1 Å². The molecule has 0 spiro atoms. The normalized spacial score (nSPS) is 17.1. The maximum Gasteiger partial charge on any atom is 0.149 e. The Kier molecular flexibility index (Phi) is 1.96. The molecule has 0 bridgehead atoms. The fourth-order valence-corrected chi connectivity index (χ4v) is 1.77. The van der Waals surface area contributed by atoms with Gasteiger partial charge in [0, 0.05) is 13.1 Å². The van der Waals surface area contributed by atoms with Gasteiger partial charge in [-0.25, -0.2) is 4.39 Å². The van der Waals surface area contributed by atoms with Crippen LogP contribution in [0.25, 0.3) is 0 Å². The zero-order chi connectivity index (χ0) is 9.42. The first-order chi connectivity index (χ1) is 6.18. The van der Waals surface area contributed by atoms with E-state index in [1.54, 1.807) is 6.07 Å². The average molecular weight is 180 g/mol. The van der Waals surface area contributed by atoms with Crippen molar-refractivity contribution in [1.29, 1.82) is 0 Å². The van der Waals surface area contributed by atoms with Gasteiger partial charge in [0.15, 0.2) is 0 Å². The van der Waals surface area contributed by atoms with Crippen LogP contribution in [0.4, 0.5) is 10.1 Å². The number of anilines is 1. The second-order valence-corrected chi connectivity index (χ2v) is 3.59. The van der Waals surface area contributed by atoms with Crippen LogP contribution in [-0.2, 0) is 13.0 Å². The van der Waals surface area contributed by atoms with E-state index in [-0.39, 0.29) is 11.5 Å². The molecule has 0 aliphatic carbocycles. The number of fused-ring (bicyclic) bond motifs is 1. The second-order valence-electron chi connectivity index (χ2n) is 3.59. The van der Waals surface area contributed by atoms with Crippen LogP contribution in [0.3, 0.4) is 0 Å². The van der Waals surface area contributed by atoms with Crippen molar-refractivity contribution in [3.05, 3.63) is 29.1 Å². The van der Waals surface area contributed by atoms with E-state index >= 15 is 0 Å². The Balaban J connectivity index is 2.47. The zero-order valence-electron chi connectivity index (χ0n) is 7.68. The number of hydrogen-bond acceptors (Lipinski definition) is 2. The van der Waals surface area contributed by atoms with Crippen molar-refractivity contribution < 1.29 is 4.39 Å². The first-order valence-corrected chi connectivity index (χ1v) is 4.43. The van der Waals surface area contributed by atoms with Gasteiger partial charge in [-0.1, -0.05) is 6.07 Å². The van der Waals surface area contributed by atoms with E-state index in [2.05, 4.69) is 4.90 Å². The molecule has 0 aromatic heterocycles. The molecule has 1 aliphatic heterocycles. The molecule has 1 aliphatic rings. The van der Waals surface area contributed by atoms with Gasteiger partial charge in [0.1, 0.15) is 5.82 Å². The predicted octanol–water partition coefficient (Wildman–Crippen LogP) is 1.40. The minimum absolute atomic E-state index is 0.217. The Bertz CT molecular complexity index is 336. The van der Waals surface area contributed by atoms with Crippen molar-refractivity contribution in [2.45, 2.75) is 13.0 Å². The average Bonchev–Trinajstić information content (AvgIpc) is 2.12. The molecule has 0 atom stereocenters. The summed E-state index contributed by atoms with van der Waals surface area (Å²) in [6, 6.07) is 3.57. The standard InChI is InChI=1S/C10H13FN2/c1-13-5-4-8-7(6-13)2-3-9(12)10(8)11/h2-3H,4-6,12H2,1H3. The largest absolute Gasteiger partial charge is 0.396 e. The predicted molar refractivity (Wildman–Crippen MR) is 50.9 cm³/mol. The van der Waals surface area contributed by atoms with Gasteiger partial charge < -0.3 is 10.6 Å². The number of rotatable bonds is 0. The third-order valence-corrected chi connectivity index (χ3v) is 2.55. The van der Waals surface area contributed by atoms with Gasteiger partial charge in [-0.3, -0.25) is 0 Å². The van der Waals surface area contributed by atoms with Crippen LogP contribution in [0.2, 0.25) is 0 Å². The van der Waals surface area contributed by atoms with Gasteiger partial charge >= 0.3 is 0 Å². The number of nitrogen functional groups attached to an aromatic ring is 1. The molecule has 0 unspecified atom stereocenters. The Hall–Kier alpha value is -1.09. The van der Waals surface area contributed by atoms with Crippen molar-refractivity contribution in [2.75, 3.05) is 19.3 Å². The fraction of sp³-hybridized carbons (Fsp3) is 0.400. The Labute approximate surface area is 77.2 Å².